The molecule has 1 N–H and O–H groups in total. The van der Waals surface area contributed by atoms with Crippen molar-refractivity contribution in [3.8, 4) is 0 Å². The Morgan fingerprint density at radius 3 is 2.06 bits per heavy atom. The molecule has 0 atom stereocenters. The highest BCUT2D eigenvalue weighted by Crippen LogP contribution is 2.38. The molecule has 1 amide bonds. The van der Waals surface area contributed by atoms with E-state index in [4.69, 9.17) is 17.3 Å². The first-order valence-electron chi connectivity index (χ1n) is 9.55. The summed E-state index contributed by atoms with van der Waals surface area (Å²) in [4.78, 5) is 26.3. The molecular weight excluding hydrogens is 426 g/mol. The summed E-state index contributed by atoms with van der Waals surface area (Å²) in [6.07, 6.45) is 1.91. The lowest BCUT2D eigenvalue weighted by Gasteiger charge is -2.14. The van der Waals surface area contributed by atoms with Crippen LogP contribution in [0.3, 0.4) is 0 Å². The van der Waals surface area contributed by atoms with Crippen LogP contribution in [0.4, 0.5) is 5.69 Å². The zero-order valence-electron chi connectivity index (χ0n) is 16.1. The van der Waals surface area contributed by atoms with E-state index in [1.807, 2.05) is 30.3 Å². The molecule has 6 heteroatoms. The summed E-state index contributed by atoms with van der Waals surface area (Å²) in [7, 11) is 0. The quantitative estimate of drug-likeness (QED) is 0.237. The van der Waals surface area contributed by atoms with Crippen LogP contribution < -0.4 is 4.90 Å². The first-order chi connectivity index (χ1) is 15.0. The number of carboxylic acid groups (broad SMARTS) is 1. The van der Waals surface area contributed by atoms with E-state index in [2.05, 4.69) is 30.3 Å². The highest BCUT2D eigenvalue weighted by Gasteiger charge is 2.33. The van der Waals surface area contributed by atoms with Crippen molar-refractivity contribution >= 4 is 73.5 Å². The lowest BCUT2D eigenvalue weighted by Crippen LogP contribution is -2.27. The Morgan fingerprint density at radius 1 is 0.903 bits per heavy atom. The van der Waals surface area contributed by atoms with Gasteiger partial charge in [0.05, 0.1) is 16.2 Å². The van der Waals surface area contributed by atoms with Crippen LogP contribution in [0.5, 0.6) is 0 Å². The van der Waals surface area contributed by atoms with Gasteiger partial charge in [-0.3, -0.25) is 9.69 Å². The number of hydrogen-bond donors (Lipinski definition) is 1. The van der Waals surface area contributed by atoms with E-state index in [-0.39, 0.29) is 11.5 Å². The Bertz CT molecular complexity index is 1370. The summed E-state index contributed by atoms with van der Waals surface area (Å²) in [5.41, 5.74) is 1.70. The molecule has 4 aromatic carbocycles. The van der Waals surface area contributed by atoms with Gasteiger partial charge in [-0.15, -0.1) is 0 Å². The van der Waals surface area contributed by atoms with Gasteiger partial charge >= 0.3 is 5.97 Å². The van der Waals surface area contributed by atoms with Gasteiger partial charge in [-0.2, -0.15) is 0 Å². The monoisotopic (exact) mass is 441 g/mol. The third kappa shape index (κ3) is 3.40. The Kier molecular flexibility index (Phi) is 4.81. The SMILES string of the molecule is O=C(O)c1ccc(N2C(=O)C(=Cc3c4ccccc4cc4ccccc34)SC2=S)cc1. The average molecular weight is 442 g/mol. The fourth-order valence-corrected chi connectivity index (χ4v) is 5.06. The van der Waals surface area contributed by atoms with Crippen molar-refractivity contribution in [2.75, 3.05) is 4.90 Å². The molecule has 0 radical (unpaired) electrons. The maximum Gasteiger partial charge on any atom is 0.335 e. The molecule has 4 aromatic rings. The summed E-state index contributed by atoms with van der Waals surface area (Å²) < 4.78 is 0.420. The molecule has 31 heavy (non-hydrogen) atoms. The largest absolute Gasteiger partial charge is 0.478 e. The van der Waals surface area contributed by atoms with Crippen molar-refractivity contribution in [2.45, 2.75) is 0 Å². The number of fused-ring (bicyclic) bond motifs is 2. The first kappa shape index (κ1) is 19.5. The molecule has 5 rings (SSSR count). The van der Waals surface area contributed by atoms with Gasteiger partial charge in [0.2, 0.25) is 0 Å². The van der Waals surface area contributed by atoms with E-state index >= 15 is 0 Å². The number of thiocarbonyl (C=S) groups is 1. The number of rotatable bonds is 3. The lowest BCUT2D eigenvalue weighted by atomic mass is 9.96. The van der Waals surface area contributed by atoms with E-state index in [0.717, 1.165) is 27.1 Å². The fourth-order valence-electron chi connectivity index (χ4n) is 3.78. The number of amides is 1. The predicted octanol–water partition coefficient (Wildman–Crippen LogP) is 6.10. The normalized spacial score (nSPS) is 15.4. The van der Waals surface area contributed by atoms with E-state index in [1.54, 1.807) is 12.1 Å². The maximum absolute atomic E-state index is 13.2. The van der Waals surface area contributed by atoms with Gasteiger partial charge in [-0.05, 0) is 63.5 Å². The van der Waals surface area contributed by atoms with Gasteiger partial charge < -0.3 is 5.11 Å². The lowest BCUT2D eigenvalue weighted by molar-refractivity contribution is -0.113. The van der Waals surface area contributed by atoms with E-state index in [1.165, 1.54) is 28.8 Å². The molecule has 1 saturated heterocycles. The van der Waals surface area contributed by atoms with E-state index in [9.17, 15) is 9.59 Å². The van der Waals surface area contributed by atoms with Gasteiger partial charge in [-0.1, -0.05) is 72.5 Å². The Balaban J connectivity index is 1.62. The first-order valence-corrected chi connectivity index (χ1v) is 10.8. The Labute approximate surface area is 187 Å². The molecule has 0 spiro atoms. The smallest absolute Gasteiger partial charge is 0.335 e. The molecule has 1 fully saturated rings. The predicted molar refractivity (Wildman–Crippen MR) is 131 cm³/mol. The minimum Gasteiger partial charge on any atom is -0.478 e. The standard InChI is InChI=1S/C25H15NO3S2/c27-23-22(31-25(30)26(23)18-11-9-15(10-12-18)24(28)29)14-21-19-7-3-1-5-16(19)13-17-6-2-4-8-20(17)21/h1-14H,(H,28,29). The van der Waals surface area contributed by atoms with Crippen LogP contribution in [0.25, 0.3) is 27.6 Å². The van der Waals surface area contributed by atoms with Crippen molar-refractivity contribution in [1.82, 2.24) is 0 Å². The zero-order valence-corrected chi connectivity index (χ0v) is 17.7. The number of carbonyl (C=O) groups excluding carboxylic acids is 1. The van der Waals surface area contributed by atoms with Crippen molar-refractivity contribution in [2.24, 2.45) is 0 Å². The minimum atomic E-state index is -1.01. The van der Waals surface area contributed by atoms with Gasteiger partial charge in [0.15, 0.2) is 4.32 Å². The topological polar surface area (TPSA) is 57.6 Å². The van der Waals surface area contributed by atoms with Crippen LogP contribution in [0.15, 0.2) is 83.8 Å². The second-order valence-corrected chi connectivity index (χ2v) is 8.78. The Hall–Kier alpha value is -3.48. The molecule has 150 valence electrons. The van der Waals surface area contributed by atoms with Crippen LogP contribution in [-0.2, 0) is 4.79 Å². The molecule has 0 aromatic heterocycles. The molecule has 1 aliphatic rings. The number of benzene rings is 4. The maximum atomic E-state index is 13.2. The number of anilines is 1. The van der Waals surface area contributed by atoms with Crippen LogP contribution in [0.2, 0.25) is 0 Å². The summed E-state index contributed by atoms with van der Waals surface area (Å²) in [5.74, 6) is -1.23. The number of aromatic carboxylic acids is 1. The summed E-state index contributed by atoms with van der Waals surface area (Å²) in [6.45, 7) is 0. The molecule has 0 bridgehead atoms. The molecule has 0 unspecified atom stereocenters. The van der Waals surface area contributed by atoms with Crippen molar-refractivity contribution in [3.63, 3.8) is 0 Å². The van der Waals surface area contributed by atoms with E-state index < -0.39 is 5.97 Å². The van der Waals surface area contributed by atoms with Gasteiger partial charge in [0, 0.05) is 0 Å². The summed E-state index contributed by atoms with van der Waals surface area (Å²) in [5, 5.41) is 13.4. The van der Waals surface area contributed by atoms with Crippen LogP contribution in [0.1, 0.15) is 15.9 Å². The second-order valence-electron chi connectivity index (χ2n) is 7.10. The van der Waals surface area contributed by atoms with Crippen molar-refractivity contribution in [1.29, 1.82) is 0 Å². The molecule has 1 aliphatic heterocycles. The molecule has 0 aliphatic carbocycles. The fraction of sp³-hybridized carbons (Fsp3) is 0. The highest BCUT2D eigenvalue weighted by molar-refractivity contribution is 8.27. The van der Waals surface area contributed by atoms with Crippen LogP contribution in [0, 0.1) is 0 Å². The van der Waals surface area contributed by atoms with Crippen molar-refractivity contribution < 1.29 is 14.7 Å². The van der Waals surface area contributed by atoms with Gasteiger partial charge in [0.1, 0.15) is 0 Å². The minimum absolute atomic E-state index is 0.159. The van der Waals surface area contributed by atoms with Gasteiger partial charge in [-0.25, -0.2) is 4.79 Å². The number of carbonyl (C=O) groups is 2. The third-order valence-corrected chi connectivity index (χ3v) is 6.56. The molecular formula is C25H15NO3S2. The molecule has 1 heterocycles. The zero-order chi connectivity index (χ0) is 21.5. The second kappa shape index (κ2) is 7.65. The third-order valence-electron chi connectivity index (χ3n) is 5.25. The number of nitrogens with zero attached hydrogens (tertiary/aromatic N) is 1. The summed E-state index contributed by atoms with van der Waals surface area (Å²) >= 11 is 6.73. The Morgan fingerprint density at radius 2 is 1.48 bits per heavy atom. The molecule has 0 saturated carbocycles. The summed E-state index contributed by atoms with van der Waals surface area (Å²) in [6, 6.07) is 24.5. The van der Waals surface area contributed by atoms with Crippen LogP contribution >= 0.6 is 24.0 Å². The van der Waals surface area contributed by atoms with E-state index in [0.29, 0.717) is 14.9 Å². The average Bonchev–Trinajstić information content (AvgIpc) is 3.06. The van der Waals surface area contributed by atoms with Crippen molar-refractivity contribution in [3.05, 3.63) is 94.9 Å². The number of carboxylic acids is 1. The van der Waals surface area contributed by atoms with Crippen LogP contribution in [-0.4, -0.2) is 21.3 Å². The number of thioether (sulfide) groups is 1. The highest BCUT2D eigenvalue weighted by atomic mass is 32.2. The molecule has 4 nitrogen and oxygen atoms in total. The van der Waals surface area contributed by atoms with Gasteiger partial charge in [0.25, 0.3) is 5.91 Å². The number of hydrogen-bond acceptors (Lipinski definition) is 4.